The van der Waals surface area contributed by atoms with Gasteiger partial charge in [-0.3, -0.25) is 0 Å². The predicted octanol–water partition coefficient (Wildman–Crippen LogP) is 3.35. The van der Waals surface area contributed by atoms with Gasteiger partial charge >= 0.3 is 0 Å². The molecule has 2 rings (SSSR count). The van der Waals surface area contributed by atoms with Crippen molar-refractivity contribution in [3.05, 3.63) is 35.6 Å². The summed E-state index contributed by atoms with van der Waals surface area (Å²) < 4.78 is 13.0. The molecule has 0 radical (unpaired) electrons. The standard InChI is InChI=1S/C16H24FNO/c17-15-8-6-14(7-9-15)16(10-2-3-11-16)18-12-4-1-5-13-19/h6-9,18-19H,1-5,10-13H2. The molecule has 1 fully saturated rings. The maximum atomic E-state index is 13.0. The zero-order chi connectivity index (χ0) is 13.6. The van der Waals surface area contributed by atoms with E-state index < -0.39 is 0 Å². The highest BCUT2D eigenvalue weighted by Crippen LogP contribution is 2.38. The van der Waals surface area contributed by atoms with Gasteiger partial charge in [0.15, 0.2) is 0 Å². The first-order valence-corrected chi connectivity index (χ1v) is 7.39. The zero-order valence-corrected chi connectivity index (χ0v) is 11.5. The van der Waals surface area contributed by atoms with Crippen LogP contribution in [0.1, 0.15) is 50.5 Å². The first-order valence-electron chi connectivity index (χ1n) is 7.39. The van der Waals surface area contributed by atoms with E-state index in [2.05, 4.69) is 5.32 Å². The van der Waals surface area contributed by atoms with Crippen molar-refractivity contribution in [2.75, 3.05) is 13.2 Å². The van der Waals surface area contributed by atoms with Gasteiger partial charge in [-0.05, 0) is 56.3 Å². The molecule has 1 aliphatic rings. The number of benzene rings is 1. The highest BCUT2D eigenvalue weighted by atomic mass is 19.1. The quantitative estimate of drug-likeness (QED) is 0.741. The Labute approximate surface area is 115 Å². The van der Waals surface area contributed by atoms with Crippen molar-refractivity contribution in [1.82, 2.24) is 5.32 Å². The lowest BCUT2D eigenvalue weighted by Crippen LogP contribution is -2.40. The summed E-state index contributed by atoms with van der Waals surface area (Å²) in [6.45, 7) is 1.25. The normalized spacial score (nSPS) is 17.8. The van der Waals surface area contributed by atoms with Crippen LogP contribution in [0.2, 0.25) is 0 Å². The molecule has 1 aromatic carbocycles. The molecule has 0 amide bonds. The van der Waals surface area contributed by atoms with Crippen molar-refractivity contribution < 1.29 is 9.50 Å². The Bertz CT molecular complexity index is 371. The Hall–Kier alpha value is -0.930. The Kier molecular flexibility index (Phi) is 5.34. The Morgan fingerprint density at radius 3 is 2.37 bits per heavy atom. The molecule has 0 atom stereocenters. The van der Waals surface area contributed by atoms with Gasteiger partial charge in [0.2, 0.25) is 0 Å². The van der Waals surface area contributed by atoms with Crippen molar-refractivity contribution in [1.29, 1.82) is 0 Å². The fourth-order valence-electron chi connectivity index (χ4n) is 3.06. The molecule has 1 saturated carbocycles. The fourth-order valence-corrected chi connectivity index (χ4v) is 3.06. The van der Waals surface area contributed by atoms with Crippen LogP contribution < -0.4 is 5.32 Å². The maximum Gasteiger partial charge on any atom is 0.123 e. The molecule has 0 aliphatic heterocycles. The van der Waals surface area contributed by atoms with Gasteiger partial charge < -0.3 is 10.4 Å². The highest BCUT2D eigenvalue weighted by Gasteiger charge is 2.34. The van der Waals surface area contributed by atoms with Crippen LogP contribution in [0.3, 0.4) is 0 Å². The minimum absolute atomic E-state index is 0.0485. The number of rotatable bonds is 7. The average Bonchev–Trinajstić information content (AvgIpc) is 2.89. The van der Waals surface area contributed by atoms with E-state index in [0.717, 1.165) is 38.6 Å². The number of halogens is 1. The minimum atomic E-state index is -0.167. The first kappa shape index (κ1) is 14.5. The van der Waals surface area contributed by atoms with Crippen molar-refractivity contribution in [3.63, 3.8) is 0 Å². The molecule has 2 nitrogen and oxygen atoms in total. The Balaban J connectivity index is 1.95. The smallest absolute Gasteiger partial charge is 0.123 e. The average molecular weight is 265 g/mol. The summed E-state index contributed by atoms with van der Waals surface area (Å²) in [5, 5.41) is 12.5. The largest absolute Gasteiger partial charge is 0.396 e. The molecule has 0 bridgehead atoms. The van der Waals surface area contributed by atoms with E-state index in [1.807, 2.05) is 12.1 Å². The number of hydrogen-bond donors (Lipinski definition) is 2. The van der Waals surface area contributed by atoms with E-state index in [-0.39, 0.29) is 18.0 Å². The van der Waals surface area contributed by atoms with Crippen LogP contribution in [-0.2, 0) is 5.54 Å². The number of hydrogen-bond acceptors (Lipinski definition) is 2. The van der Waals surface area contributed by atoms with Crippen LogP contribution in [0, 0.1) is 5.82 Å². The van der Waals surface area contributed by atoms with Crippen LogP contribution in [0.5, 0.6) is 0 Å². The summed E-state index contributed by atoms with van der Waals surface area (Å²) in [6, 6.07) is 6.95. The first-order chi connectivity index (χ1) is 9.27. The molecular formula is C16H24FNO. The third kappa shape index (κ3) is 3.77. The lowest BCUT2D eigenvalue weighted by Gasteiger charge is -2.31. The maximum absolute atomic E-state index is 13.0. The molecule has 3 heteroatoms. The van der Waals surface area contributed by atoms with Gasteiger partial charge in [-0.25, -0.2) is 4.39 Å². The fraction of sp³-hybridized carbons (Fsp3) is 0.625. The zero-order valence-electron chi connectivity index (χ0n) is 11.5. The van der Waals surface area contributed by atoms with Crippen molar-refractivity contribution >= 4 is 0 Å². The molecule has 106 valence electrons. The van der Waals surface area contributed by atoms with Crippen LogP contribution in [0.4, 0.5) is 4.39 Å². The lowest BCUT2D eigenvalue weighted by atomic mass is 9.88. The van der Waals surface area contributed by atoms with Crippen LogP contribution in [-0.4, -0.2) is 18.3 Å². The molecule has 0 aromatic heterocycles. The second kappa shape index (κ2) is 7.01. The summed E-state index contributed by atoms with van der Waals surface area (Å²) in [5.41, 5.74) is 1.26. The van der Waals surface area contributed by atoms with E-state index in [1.165, 1.54) is 18.4 Å². The monoisotopic (exact) mass is 265 g/mol. The summed E-state index contributed by atoms with van der Waals surface area (Å²) >= 11 is 0. The second-order valence-electron chi connectivity index (χ2n) is 5.51. The molecule has 0 spiro atoms. The Morgan fingerprint density at radius 1 is 1.05 bits per heavy atom. The molecule has 1 aliphatic carbocycles. The molecule has 2 N–H and O–H groups in total. The molecular weight excluding hydrogens is 241 g/mol. The number of aliphatic hydroxyl groups is 1. The second-order valence-corrected chi connectivity index (χ2v) is 5.51. The number of unbranched alkanes of at least 4 members (excludes halogenated alkanes) is 2. The van der Waals surface area contributed by atoms with Gasteiger partial charge in [0.1, 0.15) is 5.82 Å². The van der Waals surface area contributed by atoms with E-state index in [0.29, 0.717) is 0 Å². The van der Waals surface area contributed by atoms with E-state index in [4.69, 9.17) is 5.11 Å². The van der Waals surface area contributed by atoms with Crippen molar-refractivity contribution in [2.24, 2.45) is 0 Å². The molecule has 1 aromatic rings. The minimum Gasteiger partial charge on any atom is -0.396 e. The van der Waals surface area contributed by atoms with Crippen molar-refractivity contribution in [2.45, 2.75) is 50.5 Å². The van der Waals surface area contributed by atoms with Crippen molar-refractivity contribution in [3.8, 4) is 0 Å². The third-order valence-corrected chi connectivity index (χ3v) is 4.15. The van der Waals surface area contributed by atoms with Gasteiger partial charge in [-0.2, -0.15) is 0 Å². The topological polar surface area (TPSA) is 32.3 Å². The summed E-state index contributed by atoms with van der Waals surface area (Å²) in [7, 11) is 0. The molecule has 19 heavy (non-hydrogen) atoms. The van der Waals surface area contributed by atoms with Crippen LogP contribution >= 0.6 is 0 Å². The van der Waals surface area contributed by atoms with Gasteiger partial charge in [-0.1, -0.05) is 25.0 Å². The van der Waals surface area contributed by atoms with Gasteiger partial charge in [-0.15, -0.1) is 0 Å². The number of nitrogens with one attached hydrogen (secondary N) is 1. The predicted molar refractivity (Wildman–Crippen MR) is 75.5 cm³/mol. The van der Waals surface area contributed by atoms with E-state index in [1.54, 1.807) is 12.1 Å². The summed E-state index contributed by atoms with van der Waals surface area (Å²) in [4.78, 5) is 0. The van der Waals surface area contributed by atoms with Gasteiger partial charge in [0.05, 0.1) is 0 Å². The molecule has 0 unspecified atom stereocenters. The molecule has 0 saturated heterocycles. The van der Waals surface area contributed by atoms with E-state index >= 15 is 0 Å². The lowest BCUT2D eigenvalue weighted by molar-refractivity contribution is 0.279. The SMILES string of the molecule is OCCCCCNC1(c2ccc(F)cc2)CCCC1. The summed E-state index contributed by atoms with van der Waals surface area (Å²) in [5.74, 6) is -0.167. The molecule has 0 heterocycles. The van der Waals surface area contributed by atoms with Crippen LogP contribution in [0.15, 0.2) is 24.3 Å². The highest BCUT2D eigenvalue weighted by molar-refractivity contribution is 5.26. The van der Waals surface area contributed by atoms with Gasteiger partial charge in [0.25, 0.3) is 0 Å². The Morgan fingerprint density at radius 2 is 1.74 bits per heavy atom. The third-order valence-electron chi connectivity index (χ3n) is 4.15. The number of aliphatic hydroxyl groups excluding tert-OH is 1. The van der Waals surface area contributed by atoms with E-state index in [9.17, 15) is 4.39 Å². The van der Waals surface area contributed by atoms with Gasteiger partial charge in [0, 0.05) is 12.1 Å². The summed E-state index contributed by atoms with van der Waals surface area (Å²) in [6.07, 6.45) is 7.77. The van der Waals surface area contributed by atoms with Crippen LogP contribution in [0.25, 0.3) is 0 Å².